The summed E-state index contributed by atoms with van der Waals surface area (Å²) < 4.78 is 5.54. The van der Waals surface area contributed by atoms with Crippen molar-refractivity contribution in [2.24, 2.45) is 0 Å². The van der Waals surface area contributed by atoms with Crippen molar-refractivity contribution in [3.63, 3.8) is 0 Å². The summed E-state index contributed by atoms with van der Waals surface area (Å²) >= 11 is 5.85. The molecule has 140 valence electrons. The minimum Gasteiger partial charge on any atom is -0.484 e. The van der Waals surface area contributed by atoms with Gasteiger partial charge < -0.3 is 10.1 Å². The van der Waals surface area contributed by atoms with Crippen molar-refractivity contribution in [2.75, 3.05) is 13.2 Å². The number of halogens is 1. The van der Waals surface area contributed by atoms with Crippen LogP contribution >= 0.6 is 11.6 Å². The Morgan fingerprint density at radius 3 is 2.14 bits per heavy atom. The van der Waals surface area contributed by atoms with Crippen molar-refractivity contribution in [1.29, 1.82) is 5.26 Å². The molecule has 3 aromatic carbocycles. The van der Waals surface area contributed by atoms with Gasteiger partial charge in [0.15, 0.2) is 6.61 Å². The van der Waals surface area contributed by atoms with Gasteiger partial charge in [-0.2, -0.15) is 5.26 Å². The van der Waals surface area contributed by atoms with Crippen molar-refractivity contribution < 1.29 is 9.53 Å². The van der Waals surface area contributed by atoms with Crippen LogP contribution in [-0.2, 0) is 11.2 Å². The fourth-order valence-corrected chi connectivity index (χ4v) is 2.80. The predicted molar refractivity (Wildman–Crippen MR) is 110 cm³/mol. The maximum atomic E-state index is 11.9. The molecule has 1 N–H and O–H groups in total. The van der Waals surface area contributed by atoms with Crippen LogP contribution in [-0.4, -0.2) is 19.1 Å². The normalized spacial score (nSPS) is 10.1. The molecule has 0 aromatic heterocycles. The SMILES string of the molecule is N#Cc1ccc(-c2ccc(OCC(=O)NCCc3ccc(Cl)cc3)cc2)cc1. The highest BCUT2D eigenvalue weighted by Crippen LogP contribution is 2.22. The van der Waals surface area contributed by atoms with Gasteiger partial charge in [-0.15, -0.1) is 0 Å². The van der Waals surface area contributed by atoms with E-state index in [1.54, 1.807) is 12.1 Å². The molecule has 0 heterocycles. The highest BCUT2D eigenvalue weighted by atomic mass is 35.5. The van der Waals surface area contributed by atoms with Crippen molar-refractivity contribution in [1.82, 2.24) is 5.32 Å². The average molecular weight is 391 g/mol. The maximum absolute atomic E-state index is 11.9. The number of carbonyl (C=O) groups excluding carboxylic acids is 1. The average Bonchev–Trinajstić information content (AvgIpc) is 2.74. The van der Waals surface area contributed by atoms with Crippen LogP contribution in [0.15, 0.2) is 72.8 Å². The van der Waals surface area contributed by atoms with Crippen LogP contribution < -0.4 is 10.1 Å². The van der Waals surface area contributed by atoms with Crippen LogP contribution in [0.2, 0.25) is 5.02 Å². The molecule has 0 radical (unpaired) electrons. The molecule has 0 spiro atoms. The second kappa shape index (κ2) is 9.59. The van der Waals surface area contributed by atoms with E-state index in [9.17, 15) is 4.79 Å². The second-order valence-electron chi connectivity index (χ2n) is 6.23. The van der Waals surface area contributed by atoms with Gasteiger partial charge in [-0.1, -0.05) is 48.0 Å². The lowest BCUT2D eigenvalue weighted by molar-refractivity contribution is -0.123. The number of hydrogen-bond donors (Lipinski definition) is 1. The Hall–Kier alpha value is -3.29. The Morgan fingerprint density at radius 2 is 1.54 bits per heavy atom. The van der Waals surface area contributed by atoms with Crippen LogP contribution in [0.3, 0.4) is 0 Å². The van der Waals surface area contributed by atoms with E-state index in [-0.39, 0.29) is 12.5 Å². The lowest BCUT2D eigenvalue weighted by Crippen LogP contribution is -2.30. The molecular formula is C23H19ClN2O2. The summed E-state index contributed by atoms with van der Waals surface area (Å²) in [6.07, 6.45) is 0.738. The first-order valence-corrected chi connectivity index (χ1v) is 9.26. The number of ether oxygens (including phenoxy) is 1. The Kier molecular flexibility index (Phi) is 6.67. The van der Waals surface area contributed by atoms with Crippen LogP contribution in [0.25, 0.3) is 11.1 Å². The minimum atomic E-state index is -0.162. The van der Waals surface area contributed by atoms with E-state index < -0.39 is 0 Å². The number of hydrogen-bond acceptors (Lipinski definition) is 3. The van der Waals surface area contributed by atoms with Crippen molar-refractivity contribution in [3.8, 4) is 22.9 Å². The third-order valence-corrected chi connectivity index (χ3v) is 4.47. The van der Waals surface area contributed by atoms with E-state index in [4.69, 9.17) is 21.6 Å². The van der Waals surface area contributed by atoms with E-state index >= 15 is 0 Å². The Balaban J connectivity index is 1.44. The summed E-state index contributed by atoms with van der Waals surface area (Å²) in [4.78, 5) is 11.9. The van der Waals surface area contributed by atoms with Gasteiger partial charge in [-0.05, 0) is 59.5 Å². The third kappa shape index (κ3) is 5.60. The number of carbonyl (C=O) groups is 1. The molecule has 0 bridgehead atoms. The molecule has 0 fully saturated rings. The van der Waals surface area contributed by atoms with E-state index in [1.807, 2.05) is 60.7 Å². The fourth-order valence-electron chi connectivity index (χ4n) is 2.68. The van der Waals surface area contributed by atoms with Crippen molar-refractivity contribution >= 4 is 17.5 Å². The second-order valence-corrected chi connectivity index (χ2v) is 6.67. The first-order valence-electron chi connectivity index (χ1n) is 8.88. The summed E-state index contributed by atoms with van der Waals surface area (Å²) in [5, 5.41) is 12.4. The largest absolute Gasteiger partial charge is 0.484 e. The van der Waals surface area contributed by atoms with Crippen molar-refractivity contribution in [3.05, 3.63) is 88.9 Å². The number of amides is 1. The highest BCUT2D eigenvalue weighted by Gasteiger charge is 2.04. The van der Waals surface area contributed by atoms with Gasteiger partial charge in [0.2, 0.25) is 0 Å². The molecule has 3 aromatic rings. The zero-order valence-electron chi connectivity index (χ0n) is 15.2. The molecule has 0 aliphatic heterocycles. The van der Waals surface area contributed by atoms with Gasteiger partial charge in [-0.25, -0.2) is 0 Å². The summed E-state index contributed by atoms with van der Waals surface area (Å²) in [7, 11) is 0. The standard InChI is InChI=1S/C23H19ClN2O2/c24-21-9-3-17(4-10-21)13-14-26-23(27)16-28-22-11-7-20(8-12-22)19-5-1-18(15-25)2-6-19/h1-12H,13-14,16H2,(H,26,27). The van der Waals surface area contributed by atoms with Gasteiger partial charge in [0.25, 0.3) is 5.91 Å². The molecule has 0 saturated heterocycles. The van der Waals surface area contributed by atoms with Crippen molar-refractivity contribution in [2.45, 2.75) is 6.42 Å². The maximum Gasteiger partial charge on any atom is 0.257 e. The molecule has 3 rings (SSSR count). The molecule has 0 saturated carbocycles. The molecule has 5 heteroatoms. The van der Waals surface area contributed by atoms with Gasteiger partial charge in [0, 0.05) is 11.6 Å². The number of nitriles is 1. The molecule has 4 nitrogen and oxygen atoms in total. The Bertz CT molecular complexity index is 959. The summed E-state index contributed by atoms with van der Waals surface area (Å²) in [5.41, 5.74) is 3.78. The lowest BCUT2D eigenvalue weighted by atomic mass is 10.0. The Morgan fingerprint density at radius 1 is 0.929 bits per heavy atom. The van der Waals surface area contributed by atoms with E-state index in [0.29, 0.717) is 22.9 Å². The lowest BCUT2D eigenvalue weighted by Gasteiger charge is -2.09. The first-order chi connectivity index (χ1) is 13.6. The molecule has 0 atom stereocenters. The van der Waals surface area contributed by atoms with Crippen LogP contribution in [0.5, 0.6) is 5.75 Å². The van der Waals surface area contributed by atoms with Gasteiger partial charge in [-0.3, -0.25) is 4.79 Å². The Labute approximate surface area is 169 Å². The number of nitrogens with one attached hydrogen (secondary N) is 1. The van der Waals surface area contributed by atoms with E-state index in [0.717, 1.165) is 23.1 Å². The first kappa shape index (κ1) is 19.5. The van der Waals surface area contributed by atoms with E-state index in [2.05, 4.69) is 11.4 Å². The summed E-state index contributed by atoms with van der Waals surface area (Å²) in [6.45, 7) is 0.512. The van der Waals surface area contributed by atoms with Crippen LogP contribution in [0.1, 0.15) is 11.1 Å². The fraction of sp³-hybridized carbons (Fsp3) is 0.130. The predicted octanol–water partition coefficient (Wildman–Crippen LogP) is 4.62. The van der Waals surface area contributed by atoms with Crippen LogP contribution in [0.4, 0.5) is 0 Å². The molecule has 0 unspecified atom stereocenters. The topological polar surface area (TPSA) is 62.1 Å². The number of benzene rings is 3. The monoisotopic (exact) mass is 390 g/mol. The number of rotatable bonds is 7. The molecule has 0 aliphatic rings. The smallest absolute Gasteiger partial charge is 0.257 e. The minimum absolute atomic E-state index is 0.0309. The molecule has 1 amide bonds. The van der Waals surface area contributed by atoms with Crippen LogP contribution in [0, 0.1) is 11.3 Å². The molecular weight excluding hydrogens is 372 g/mol. The highest BCUT2D eigenvalue weighted by molar-refractivity contribution is 6.30. The zero-order valence-corrected chi connectivity index (χ0v) is 15.9. The molecule has 28 heavy (non-hydrogen) atoms. The zero-order chi connectivity index (χ0) is 19.8. The van der Waals surface area contributed by atoms with E-state index in [1.165, 1.54) is 0 Å². The summed E-state index contributed by atoms with van der Waals surface area (Å²) in [5.74, 6) is 0.468. The third-order valence-electron chi connectivity index (χ3n) is 4.22. The number of nitrogens with zero attached hydrogens (tertiary/aromatic N) is 1. The molecule has 0 aliphatic carbocycles. The van der Waals surface area contributed by atoms with Gasteiger partial charge in [0.1, 0.15) is 5.75 Å². The van der Waals surface area contributed by atoms with Gasteiger partial charge >= 0.3 is 0 Å². The quantitative estimate of drug-likeness (QED) is 0.640. The van der Waals surface area contributed by atoms with Gasteiger partial charge in [0.05, 0.1) is 11.6 Å². The summed E-state index contributed by atoms with van der Waals surface area (Å²) in [6, 6.07) is 24.6.